The standard InChI is InChI=1S/C15H14BrN3OS/c1-9(2)14-18-17-13(21-14)8-19-6-5-10-3-4-11(16)7-12(10)15(19)20/h3-7,9H,8H2,1-2H3. The minimum Gasteiger partial charge on any atom is -0.308 e. The lowest BCUT2D eigenvalue weighted by Crippen LogP contribution is -2.19. The van der Waals surface area contributed by atoms with Crippen LogP contribution in [0.15, 0.2) is 39.7 Å². The lowest BCUT2D eigenvalue weighted by Gasteiger charge is -2.05. The zero-order chi connectivity index (χ0) is 15.0. The van der Waals surface area contributed by atoms with Crippen LogP contribution in [0.5, 0.6) is 0 Å². The SMILES string of the molecule is CC(C)c1nnc(Cn2ccc3ccc(Br)cc3c2=O)s1. The summed E-state index contributed by atoms with van der Waals surface area (Å²) < 4.78 is 2.59. The fourth-order valence-electron chi connectivity index (χ4n) is 2.09. The summed E-state index contributed by atoms with van der Waals surface area (Å²) in [4.78, 5) is 12.5. The van der Waals surface area contributed by atoms with Crippen molar-refractivity contribution in [2.45, 2.75) is 26.3 Å². The molecule has 0 fully saturated rings. The molecular formula is C15H14BrN3OS. The first-order chi connectivity index (χ1) is 10.0. The molecule has 0 N–H and O–H groups in total. The largest absolute Gasteiger partial charge is 0.308 e. The van der Waals surface area contributed by atoms with Crippen molar-refractivity contribution in [2.75, 3.05) is 0 Å². The molecule has 0 aliphatic carbocycles. The number of halogens is 1. The van der Waals surface area contributed by atoms with Gasteiger partial charge in [-0.25, -0.2) is 0 Å². The van der Waals surface area contributed by atoms with E-state index in [9.17, 15) is 4.79 Å². The number of hydrogen-bond acceptors (Lipinski definition) is 4. The summed E-state index contributed by atoms with van der Waals surface area (Å²) in [5, 5.41) is 11.8. The van der Waals surface area contributed by atoms with Crippen LogP contribution >= 0.6 is 27.3 Å². The molecule has 4 nitrogen and oxygen atoms in total. The molecule has 0 atom stereocenters. The number of benzene rings is 1. The number of nitrogens with zero attached hydrogens (tertiary/aromatic N) is 3. The Balaban J connectivity index is 2.00. The van der Waals surface area contributed by atoms with Crippen LogP contribution < -0.4 is 5.56 Å². The predicted molar refractivity (Wildman–Crippen MR) is 89.0 cm³/mol. The first kappa shape index (κ1) is 14.4. The van der Waals surface area contributed by atoms with Crippen molar-refractivity contribution in [3.63, 3.8) is 0 Å². The van der Waals surface area contributed by atoms with Gasteiger partial charge in [0.15, 0.2) is 0 Å². The van der Waals surface area contributed by atoms with Gasteiger partial charge in [-0.05, 0) is 23.6 Å². The van der Waals surface area contributed by atoms with Crippen LogP contribution in [-0.4, -0.2) is 14.8 Å². The first-order valence-corrected chi connectivity index (χ1v) is 8.26. The molecule has 0 unspecified atom stereocenters. The van der Waals surface area contributed by atoms with E-state index in [4.69, 9.17) is 0 Å². The summed E-state index contributed by atoms with van der Waals surface area (Å²) in [5.41, 5.74) is -0.00454. The van der Waals surface area contributed by atoms with Gasteiger partial charge in [-0.2, -0.15) is 0 Å². The molecule has 108 valence electrons. The second-order valence-corrected chi connectivity index (χ2v) is 7.18. The predicted octanol–water partition coefficient (Wildman–Crippen LogP) is 3.79. The number of aromatic nitrogens is 3. The van der Waals surface area contributed by atoms with Crippen LogP contribution in [0, 0.1) is 0 Å². The van der Waals surface area contributed by atoms with Crippen molar-refractivity contribution in [3.05, 3.63) is 55.3 Å². The van der Waals surface area contributed by atoms with Crippen molar-refractivity contribution in [2.24, 2.45) is 0 Å². The van der Waals surface area contributed by atoms with E-state index < -0.39 is 0 Å². The van der Waals surface area contributed by atoms with E-state index in [0.717, 1.165) is 19.9 Å². The summed E-state index contributed by atoms with van der Waals surface area (Å²) in [6.45, 7) is 4.64. The van der Waals surface area contributed by atoms with Crippen molar-refractivity contribution in [1.82, 2.24) is 14.8 Å². The molecule has 0 aliphatic rings. The lowest BCUT2D eigenvalue weighted by atomic mass is 10.2. The average molecular weight is 364 g/mol. The van der Waals surface area contributed by atoms with Gasteiger partial charge < -0.3 is 4.57 Å². The second-order valence-electron chi connectivity index (χ2n) is 5.17. The minimum atomic E-state index is -0.00454. The number of rotatable bonds is 3. The molecule has 21 heavy (non-hydrogen) atoms. The van der Waals surface area contributed by atoms with Crippen molar-refractivity contribution in [1.29, 1.82) is 0 Å². The Kier molecular flexibility index (Phi) is 3.91. The van der Waals surface area contributed by atoms with Crippen molar-refractivity contribution in [3.8, 4) is 0 Å². The van der Waals surface area contributed by atoms with E-state index in [1.807, 2.05) is 30.5 Å². The first-order valence-electron chi connectivity index (χ1n) is 6.65. The van der Waals surface area contributed by atoms with E-state index in [0.29, 0.717) is 17.8 Å². The molecule has 0 spiro atoms. The molecule has 3 aromatic rings. The average Bonchev–Trinajstić information content (AvgIpc) is 2.91. The van der Waals surface area contributed by atoms with Crippen LogP contribution in [0.2, 0.25) is 0 Å². The van der Waals surface area contributed by atoms with E-state index in [1.165, 1.54) is 0 Å². The van der Waals surface area contributed by atoms with E-state index >= 15 is 0 Å². The Morgan fingerprint density at radius 3 is 2.81 bits per heavy atom. The molecule has 2 heterocycles. The highest BCUT2D eigenvalue weighted by atomic mass is 79.9. The summed E-state index contributed by atoms with van der Waals surface area (Å²) >= 11 is 4.97. The third-order valence-corrected chi connectivity index (χ3v) is 4.92. The number of fused-ring (bicyclic) bond motifs is 1. The second kappa shape index (κ2) is 5.69. The van der Waals surface area contributed by atoms with Gasteiger partial charge in [0.05, 0.1) is 6.54 Å². The number of pyridine rings is 1. The Bertz CT molecular complexity index is 853. The number of hydrogen-bond donors (Lipinski definition) is 0. The zero-order valence-corrected chi connectivity index (χ0v) is 14.1. The van der Waals surface area contributed by atoms with Gasteiger partial charge in [0.25, 0.3) is 5.56 Å². The Labute approximate surface area is 134 Å². The molecule has 0 saturated heterocycles. The maximum absolute atomic E-state index is 12.5. The van der Waals surface area contributed by atoms with Crippen LogP contribution in [0.1, 0.15) is 29.8 Å². The molecule has 0 amide bonds. The summed E-state index contributed by atoms with van der Waals surface area (Å²) in [5.74, 6) is 0.362. The van der Waals surface area contributed by atoms with Crippen molar-refractivity contribution < 1.29 is 0 Å². The third kappa shape index (κ3) is 2.91. The minimum absolute atomic E-state index is 0.00454. The van der Waals surface area contributed by atoms with E-state index in [1.54, 1.807) is 15.9 Å². The van der Waals surface area contributed by atoms with Crippen molar-refractivity contribution >= 4 is 38.0 Å². The van der Waals surface area contributed by atoms with Crippen LogP contribution in [-0.2, 0) is 6.54 Å². The van der Waals surface area contributed by atoms with Gasteiger partial charge in [0.2, 0.25) is 0 Å². The van der Waals surface area contributed by atoms with Gasteiger partial charge >= 0.3 is 0 Å². The molecule has 0 bridgehead atoms. The fourth-order valence-corrected chi connectivity index (χ4v) is 3.29. The molecule has 3 rings (SSSR count). The molecule has 2 aromatic heterocycles. The van der Waals surface area contributed by atoms with Gasteiger partial charge in [-0.15, -0.1) is 10.2 Å². The summed E-state index contributed by atoms with van der Waals surface area (Å²) in [6, 6.07) is 7.68. The highest BCUT2D eigenvalue weighted by Crippen LogP contribution is 2.20. The Morgan fingerprint density at radius 1 is 1.29 bits per heavy atom. The smallest absolute Gasteiger partial charge is 0.258 e. The van der Waals surface area contributed by atoms with Crippen LogP contribution in [0.25, 0.3) is 10.8 Å². The lowest BCUT2D eigenvalue weighted by molar-refractivity contribution is 0.745. The van der Waals surface area contributed by atoms with E-state index in [2.05, 4.69) is 40.0 Å². The van der Waals surface area contributed by atoms with Crippen LogP contribution in [0.4, 0.5) is 0 Å². The molecular weight excluding hydrogens is 350 g/mol. The van der Waals surface area contributed by atoms with Gasteiger partial charge in [-0.1, -0.05) is 47.2 Å². The molecule has 0 saturated carbocycles. The highest BCUT2D eigenvalue weighted by molar-refractivity contribution is 9.10. The zero-order valence-electron chi connectivity index (χ0n) is 11.7. The maximum Gasteiger partial charge on any atom is 0.258 e. The Morgan fingerprint density at radius 2 is 2.10 bits per heavy atom. The summed E-state index contributed by atoms with van der Waals surface area (Å²) in [7, 11) is 0. The molecule has 6 heteroatoms. The molecule has 0 aliphatic heterocycles. The summed E-state index contributed by atoms with van der Waals surface area (Å²) in [6.07, 6.45) is 1.81. The van der Waals surface area contributed by atoms with Gasteiger partial charge in [0, 0.05) is 22.0 Å². The van der Waals surface area contributed by atoms with Crippen LogP contribution in [0.3, 0.4) is 0 Å². The third-order valence-electron chi connectivity index (χ3n) is 3.22. The quantitative estimate of drug-likeness (QED) is 0.711. The Hall–Kier alpha value is -1.53. The highest BCUT2D eigenvalue weighted by Gasteiger charge is 2.10. The van der Waals surface area contributed by atoms with E-state index in [-0.39, 0.29) is 5.56 Å². The monoisotopic (exact) mass is 363 g/mol. The van der Waals surface area contributed by atoms with Gasteiger partial charge in [-0.3, -0.25) is 4.79 Å². The topological polar surface area (TPSA) is 47.8 Å². The molecule has 0 radical (unpaired) electrons. The molecule has 1 aromatic carbocycles. The van der Waals surface area contributed by atoms with Gasteiger partial charge in [0.1, 0.15) is 10.0 Å². The fraction of sp³-hybridized carbons (Fsp3) is 0.267. The normalized spacial score (nSPS) is 11.4. The maximum atomic E-state index is 12.5.